The Morgan fingerprint density at radius 1 is 1.13 bits per heavy atom. The predicted octanol–water partition coefficient (Wildman–Crippen LogP) is 2.99. The summed E-state index contributed by atoms with van der Waals surface area (Å²) in [6, 6.07) is 5.72. The monoisotopic (exact) mass is 334 g/mol. The fourth-order valence-electron chi connectivity index (χ4n) is 2.50. The summed E-state index contributed by atoms with van der Waals surface area (Å²) < 4.78 is 0. The Morgan fingerprint density at radius 3 is 2.30 bits per heavy atom. The number of nitrogens with zero attached hydrogens (tertiary/aromatic N) is 2. The van der Waals surface area contributed by atoms with E-state index in [2.05, 4.69) is 0 Å². The second-order valence-electron chi connectivity index (χ2n) is 6.15. The van der Waals surface area contributed by atoms with Crippen LogP contribution in [0.5, 0.6) is 0 Å². The number of carbonyl (C=O) groups is 2. The third-order valence-corrected chi connectivity index (χ3v) is 4.42. The molecule has 124 valence electrons. The molecule has 1 saturated heterocycles. The molecule has 23 heavy (non-hydrogen) atoms. The van der Waals surface area contributed by atoms with Gasteiger partial charge >= 0.3 is 0 Å². The third-order valence-electron chi connectivity index (χ3n) is 4.01. The molecule has 0 aliphatic carbocycles. The SMILES string of the molecule is Cc1ccc(/C=C/C(=O)N2CCN(C(=O)C(C)C)CC2)cc1Cl. The molecule has 0 spiro atoms. The highest BCUT2D eigenvalue weighted by molar-refractivity contribution is 6.31. The lowest BCUT2D eigenvalue weighted by Crippen LogP contribution is -2.51. The van der Waals surface area contributed by atoms with Crippen molar-refractivity contribution in [3.63, 3.8) is 0 Å². The summed E-state index contributed by atoms with van der Waals surface area (Å²) in [5, 5.41) is 0.695. The molecule has 1 aromatic carbocycles. The van der Waals surface area contributed by atoms with Crippen LogP contribution in [0.2, 0.25) is 5.02 Å². The minimum atomic E-state index is -0.0293. The summed E-state index contributed by atoms with van der Waals surface area (Å²) in [5.41, 5.74) is 1.92. The van der Waals surface area contributed by atoms with Crippen molar-refractivity contribution in [2.75, 3.05) is 26.2 Å². The highest BCUT2D eigenvalue weighted by Gasteiger charge is 2.24. The maximum Gasteiger partial charge on any atom is 0.246 e. The summed E-state index contributed by atoms with van der Waals surface area (Å²) >= 11 is 6.08. The van der Waals surface area contributed by atoms with E-state index in [1.54, 1.807) is 17.1 Å². The fraction of sp³-hybridized carbons (Fsp3) is 0.444. The van der Waals surface area contributed by atoms with Gasteiger partial charge in [-0.15, -0.1) is 0 Å². The van der Waals surface area contributed by atoms with Crippen LogP contribution in [-0.2, 0) is 9.59 Å². The Hall–Kier alpha value is -1.81. The van der Waals surface area contributed by atoms with Gasteiger partial charge in [0.05, 0.1) is 0 Å². The van der Waals surface area contributed by atoms with E-state index in [4.69, 9.17) is 11.6 Å². The number of piperazine rings is 1. The molecular formula is C18H23ClN2O2. The van der Waals surface area contributed by atoms with E-state index in [9.17, 15) is 9.59 Å². The quantitative estimate of drug-likeness (QED) is 0.797. The van der Waals surface area contributed by atoms with Gasteiger partial charge in [-0.2, -0.15) is 0 Å². The van der Waals surface area contributed by atoms with E-state index in [1.807, 2.05) is 43.9 Å². The van der Waals surface area contributed by atoms with E-state index >= 15 is 0 Å². The first-order chi connectivity index (χ1) is 10.9. The van der Waals surface area contributed by atoms with Crippen molar-refractivity contribution >= 4 is 29.5 Å². The fourth-order valence-corrected chi connectivity index (χ4v) is 2.69. The van der Waals surface area contributed by atoms with Gasteiger partial charge in [0, 0.05) is 43.2 Å². The Balaban J connectivity index is 1.91. The summed E-state index contributed by atoms with van der Waals surface area (Å²) in [6.07, 6.45) is 3.35. The van der Waals surface area contributed by atoms with Crippen LogP contribution in [0.1, 0.15) is 25.0 Å². The van der Waals surface area contributed by atoms with Crippen molar-refractivity contribution in [2.24, 2.45) is 5.92 Å². The average molecular weight is 335 g/mol. The molecule has 0 unspecified atom stereocenters. The van der Waals surface area contributed by atoms with Crippen molar-refractivity contribution in [3.8, 4) is 0 Å². The Bertz CT molecular complexity index is 617. The molecule has 0 N–H and O–H groups in total. The standard InChI is InChI=1S/C18H23ClN2O2/c1-13(2)18(23)21-10-8-20(9-11-21)17(22)7-6-15-5-4-14(3)16(19)12-15/h4-7,12-13H,8-11H2,1-3H3/b7-6+. The van der Waals surface area contributed by atoms with E-state index in [0.29, 0.717) is 31.2 Å². The molecule has 4 nitrogen and oxygen atoms in total. The van der Waals surface area contributed by atoms with Gasteiger partial charge in [-0.1, -0.05) is 37.6 Å². The first-order valence-electron chi connectivity index (χ1n) is 7.90. The second-order valence-corrected chi connectivity index (χ2v) is 6.55. The van der Waals surface area contributed by atoms with E-state index in [0.717, 1.165) is 11.1 Å². The van der Waals surface area contributed by atoms with E-state index < -0.39 is 0 Å². The van der Waals surface area contributed by atoms with Crippen LogP contribution in [0.25, 0.3) is 6.08 Å². The first kappa shape index (κ1) is 17.5. The van der Waals surface area contributed by atoms with Gasteiger partial charge in [0.25, 0.3) is 0 Å². The molecule has 1 aliphatic rings. The van der Waals surface area contributed by atoms with Crippen LogP contribution in [-0.4, -0.2) is 47.8 Å². The molecule has 0 aromatic heterocycles. The lowest BCUT2D eigenvalue weighted by atomic mass is 10.1. The van der Waals surface area contributed by atoms with Gasteiger partial charge in [0.2, 0.25) is 11.8 Å². The third kappa shape index (κ3) is 4.58. The number of rotatable bonds is 3. The lowest BCUT2D eigenvalue weighted by Gasteiger charge is -2.35. The zero-order valence-corrected chi connectivity index (χ0v) is 14.6. The first-order valence-corrected chi connectivity index (χ1v) is 8.28. The van der Waals surface area contributed by atoms with Crippen LogP contribution in [0.3, 0.4) is 0 Å². The average Bonchev–Trinajstić information content (AvgIpc) is 2.55. The van der Waals surface area contributed by atoms with Crippen LogP contribution >= 0.6 is 11.6 Å². The molecule has 0 bridgehead atoms. The van der Waals surface area contributed by atoms with Crippen molar-refractivity contribution in [3.05, 3.63) is 40.4 Å². The van der Waals surface area contributed by atoms with Gasteiger partial charge in [0.15, 0.2) is 0 Å². The van der Waals surface area contributed by atoms with Gasteiger partial charge < -0.3 is 9.80 Å². The van der Waals surface area contributed by atoms with Crippen LogP contribution in [0.4, 0.5) is 0 Å². The molecule has 2 rings (SSSR count). The van der Waals surface area contributed by atoms with Gasteiger partial charge in [-0.3, -0.25) is 9.59 Å². The van der Waals surface area contributed by atoms with E-state index in [-0.39, 0.29) is 17.7 Å². The Morgan fingerprint density at radius 2 is 1.74 bits per heavy atom. The number of halogens is 1. The largest absolute Gasteiger partial charge is 0.339 e. The highest BCUT2D eigenvalue weighted by atomic mass is 35.5. The summed E-state index contributed by atoms with van der Waals surface area (Å²) in [7, 11) is 0. The minimum Gasteiger partial charge on any atom is -0.339 e. The Kier molecular flexibility index (Phi) is 5.83. The van der Waals surface area contributed by atoms with Crippen molar-refractivity contribution in [1.29, 1.82) is 0 Å². The molecule has 0 atom stereocenters. The summed E-state index contributed by atoms with van der Waals surface area (Å²) in [5.74, 6) is 0.128. The summed E-state index contributed by atoms with van der Waals surface area (Å²) in [4.78, 5) is 27.8. The van der Waals surface area contributed by atoms with Crippen molar-refractivity contribution < 1.29 is 9.59 Å². The maximum absolute atomic E-state index is 12.2. The molecule has 0 saturated carbocycles. The number of hydrogen-bond donors (Lipinski definition) is 0. The number of carbonyl (C=O) groups excluding carboxylic acids is 2. The van der Waals surface area contributed by atoms with Crippen LogP contribution in [0.15, 0.2) is 24.3 Å². The van der Waals surface area contributed by atoms with Crippen molar-refractivity contribution in [2.45, 2.75) is 20.8 Å². The maximum atomic E-state index is 12.2. The van der Waals surface area contributed by atoms with Gasteiger partial charge in [-0.25, -0.2) is 0 Å². The number of benzene rings is 1. The number of hydrogen-bond acceptors (Lipinski definition) is 2. The Labute approximate surface area is 142 Å². The highest BCUT2D eigenvalue weighted by Crippen LogP contribution is 2.17. The number of aryl methyl sites for hydroxylation is 1. The normalized spacial score (nSPS) is 15.5. The molecule has 1 aliphatic heterocycles. The number of amides is 2. The molecule has 1 heterocycles. The smallest absolute Gasteiger partial charge is 0.246 e. The van der Waals surface area contributed by atoms with Gasteiger partial charge in [-0.05, 0) is 30.2 Å². The zero-order chi connectivity index (χ0) is 17.0. The molecule has 1 fully saturated rings. The molecule has 5 heteroatoms. The minimum absolute atomic E-state index is 0.00318. The van der Waals surface area contributed by atoms with Crippen molar-refractivity contribution in [1.82, 2.24) is 9.80 Å². The predicted molar refractivity (Wildman–Crippen MR) is 93.2 cm³/mol. The van der Waals surface area contributed by atoms with Gasteiger partial charge in [0.1, 0.15) is 0 Å². The molecule has 1 aromatic rings. The molecular weight excluding hydrogens is 312 g/mol. The topological polar surface area (TPSA) is 40.6 Å². The van der Waals surface area contributed by atoms with Crippen LogP contribution < -0.4 is 0 Å². The molecule has 0 radical (unpaired) electrons. The summed E-state index contributed by atoms with van der Waals surface area (Å²) in [6.45, 7) is 8.11. The molecule has 2 amide bonds. The van der Waals surface area contributed by atoms with E-state index in [1.165, 1.54) is 0 Å². The lowest BCUT2D eigenvalue weighted by molar-refractivity contribution is -0.139. The second kappa shape index (κ2) is 7.64. The van der Waals surface area contributed by atoms with Crippen LogP contribution in [0, 0.1) is 12.8 Å². The zero-order valence-electron chi connectivity index (χ0n) is 13.9.